The fraction of sp³-hybridized carbons (Fsp3) is 0.786. The second kappa shape index (κ2) is 5.16. The van der Waals surface area contributed by atoms with E-state index >= 15 is 0 Å². The Hall–Kier alpha value is -2.28. The van der Waals surface area contributed by atoms with E-state index in [9.17, 15) is 28.2 Å². The van der Waals surface area contributed by atoms with Crippen molar-refractivity contribution >= 4 is 17.9 Å². The van der Waals surface area contributed by atoms with Crippen molar-refractivity contribution in [2.75, 3.05) is 13.1 Å². The monoisotopic (exact) mass is 392 g/mol. The van der Waals surface area contributed by atoms with Gasteiger partial charge in [0, 0.05) is 0 Å². The van der Waals surface area contributed by atoms with Gasteiger partial charge >= 0.3 is 12.1 Å². The molecule has 0 bridgehead atoms. The van der Waals surface area contributed by atoms with Crippen LogP contribution in [0.3, 0.4) is 0 Å². The number of carbonyl (C=O) groups excluding carboxylic acids is 1. The lowest BCUT2D eigenvalue weighted by Gasteiger charge is -2.46. The third-order valence-electron chi connectivity index (χ3n) is 5.97. The van der Waals surface area contributed by atoms with Gasteiger partial charge in [0.15, 0.2) is 29.1 Å². The fourth-order valence-electron chi connectivity index (χ4n) is 4.25. The van der Waals surface area contributed by atoms with E-state index in [2.05, 4.69) is 15.3 Å². The molecule has 1 spiro atoms. The summed E-state index contributed by atoms with van der Waals surface area (Å²) < 4.78 is 45.1. The van der Waals surface area contributed by atoms with Crippen LogP contribution in [0.1, 0.15) is 19.3 Å². The third-order valence-corrected chi connectivity index (χ3v) is 5.97. The number of nitrogens with one attached hydrogen (secondary N) is 1. The number of carbonyl (C=O) groups is 1. The van der Waals surface area contributed by atoms with Crippen molar-refractivity contribution in [1.82, 2.24) is 10.2 Å². The highest BCUT2D eigenvalue weighted by Gasteiger charge is 2.74. The van der Waals surface area contributed by atoms with Crippen LogP contribution in [-0.4, -0.2) is 75.9 Å². The normalized spacial score (nSPS) is 36.0. The molecule has 3 aliphatic heterocycles. The number of esters is 1. The Bertz CT molecular complexity index is 750. The summed E-state index contributed by atoms with van der Waals surface area (Å²) in [5, 5.41) is 24.2. The Balaban J connectivity index is 1.65. The minimum atomic E-state index is -4.79. The fourth-order valence-corrected chi connectivity index (χ4v) is 4.25. The Kier molecular flexibility index (Phi) is 3.46. The van der Waals surface area contributed by atoms with Crippen molar-refractivity contribution in [1.29, 1.82) is 0 Å². The van der Waals surface area contributed by atoms with E-state index in [1.807, 2.05) is 0 Å². The second-order valence-corrected chi connectivity index (χ2v) is 7.28. The first-order valence-electron chi connectivity index (χ1n) is 8.37. The van der Waals surface area contributed by atoms with Gasteiger partial charge in [-0.25, -0.2) is 4.99 Å². The Morgan fingerprint density at radius 3 is 2.56 bits per heavy atom. The van der Waals surface area contributed by atoms with Gasteiger partial charge in [-0.1, -0.05) is 6.42 Å². The molecule has 0 amide bonds. The van der Waals surface area contributed by atoms with Crippen LogP contribution in [0.15, 0.2) is 9.98 Å². The summed E-state index contributed by atoms with van der Waals surface area (Å²) in [6.07, 6.45) is -7.08. The maximum Gasteiger partial charge on any atom is 0.404 e. The first kappa shape index (κ1) is 18.1. The summed E-state index contributed by atoms with van der Waals surface area (Å²) in [5.41, 5.74) is 7.08. The number of alkyl halides is 3. The standard InChI is InChI=1S/C14H19F3N6O4/c15-14(16,17)11(2-1-3-11)8(24)27-7-5-23-10(19)20-4-6-12(23,13(7,25)26)22-9(18)21-6/h6-7,25-26H,1-5H2,(H2,19,20)(H3,18,21,22)/t6?,7-,12?/m0/s1. The van der Waals surface area contributed by atoms with Crippen molar-refractivity contribution in [2.45, 2.75) is 49.0 Å². The molecule has 13 heteroatoms. The van der Waals surface area contributed by atoms with Crippen LogP contribution < -0.4 is 16.8 Å². The summed E-state index contributed by atoms with van der Waals surface area (Å²) in [6, 6.07) is -0.871. The maximum atomic E-state index is 13.4. The number of ether oxygens (including phenoxy) is 1. The lowest BCUT2D eigenvalue weighted by molar-refractivity contribution is -0.282. The highest BCUT2D eigenvalue weighted by atomic mass is 19.4. The molecule has 2 fully saturated rings. The molecule has 1 saturated heterocycles. The van der Waals surface area contributed by atoms with E-state index in [0.717, 1.165) is 0 Å². The summed E-state index contributed by atoms with van der Waals surface area (Å²) in [7, 11) is 0. The zero-order valence-corrected chi connectivity index (χ0v) is 14.0. The molecule has 10 nitrogen and oxygen atoms in total. The summed E-state index contributed by atoms with van der Waals surface area (Å²) in [6.45, 7) is -0.402. The summed E-state index contributed by atoms with van der Waals surface area (Å²) >= 11 is 0. The van der Waals surface area contributed by atoms with Crippen molar-refractivity contribution < 1.29 is 32.9 Å². The number of rotatable bonds is 2. The maximum absolute atomic E-state index is 13.4. The SMILES string of the molecule is NC1=NC2CN=C(N)N3C[C@H](OC(=O)C4(C(F)(F)F)CCC4)C(O)(O)C23N1. The molecule has 0 radical (unpaired) electrons. The lowest BCUT2D eigenvalue weighted by atomic mass is 9.68. The minimum Gasteiger partial charge on any atom is -0.454 e. The van der Waals surface area contributed by atoms with Crippen molar-refractivity contribution in [3.63, 3.8) is 0 Å². The van der Waals surface area contributed by atoms with Gasteiger partial charge in [0.1, 0.15) is 6.04 Å². The average Bonchev–Trinajstić information content (AvgIpc) is 2.93. The first-order chi connectivity index (χ1) is 12.5. The Labute approximate surface area is 151 Å². The predicted octanol–water partition coefficient (Wildman–Crippen LogP) is -2.06. The molecule has 0 aromatic rings. The summed E-state index contributed by atoms with van der Waals surface area (Å²) in [4.78, 5) is 21.6. The van der Waals surface area contributed by atoms with Crippen LogP contribution in [0.25, 0.3) is 0 Å². The smallest absolute Gasteiger partial charge is 0.404 e. The topological polar surface area (TPSA) is 159 Å². The second-order valence-electron chi connectivity index (χ2n) is 7.28. The average molecular weight is 392 g/mol. The number of hydrogen-bond acceptors (Lipinski definition) is 10. The Morgan fingerprint density at radius 1 is 1.33 bits per heavy atom. The molecule has 7 N–H and O–H groups in total. The van der Waals surface area contributed by atoms with E-state index in [1.165, 1.54) is 4.90 Å². The molecule has 4 rings (SSSR count). The predicted molar refractivity (Wildman–Crippen MR) is 83.9 cm³/mol. The van der Waals surface area contributed by atoms with Gasteiger partial charge in [-0.15, -0.1) is 0 Å². The molecular formula is C14H19F3N6O4. The number of nitrogens with zero attached hydrogens (tertiary/aromatic N) is 3. The Morgan fingerprint density at radius 2 is 2.00 bits per heavy atom. The van der Waals surface area contributed by atoms with Crippen LogP contribution >= 0.6 is 0 Å². The van der Waals surface area contributed by atoms with Crippen molar-refractivity contribution in [2.24, 2.45) is 26.9 Å². The van der Waals surface area contributed by atoms with Crippen LogP contribution in [-0.2, 0) is 9.53 Å². The van der Waals surface area contributed by atoms with E-state index < -0.39 is 54.0 Å². The molecule has 2 unspecified atom stereocenters. The molecule has 0 aromatic carbocycles. The number of aliphatic hydroxyl groups is 2. The zero-order chi connectivity index (χ0) is 19.8. The largest absolute Gasteiger partial charge is 0.454 e. The molecular weight excluding hydrogens is 373 g/mol. The highest BCUT2D eigenvalue weighted by molar-refractivity contribution is 5.87. The van der Waals surface area contributed by atoms with Crippen LogP contribution in [0.4, 0.5) is 13.2 Å². The van der Waals surface area contributed by atoms with E-state index in [1.54, 1.807) is 0 Å². The highest BCUT2D eigenvalue weighted by Crippen LogP contribution is 2.54. The van der Waals surface area contributed by atoms with Gasteiger partial charge in [-0.2, -0.15) is 13.2 Å². The minimum absolute atomic E-state index is 0.0218. The summed E-state index contributed by atoms with van der Waals surface area (Å²) in [5.74, 6) is -4.55. The molecule has 1 saturated carbocycles. The van der Waals surface area contributed by atoms with Gasteiger partial charge in [-0.05, 0) is 12.8 Å². The van der Waals surface area contributed by atoms with Crippen LogP contribution in [0, 0.1) is 5.41 Å². The van der Waals surface area contributed by atoms with Crippen LogP contribution in [0.2, 0.25) is 0 Å². The quantitative estimate of drug-likeness (QED) is 0.265. The molecule has 1 aliphatic carbocycles. The molecule has 3 heterocycles. The number of aliphatic imine (C=N–C) groups is 2. The van der Waals surface area contributed by atoms with Gasteiger partial charge in [0.2, 0.25) is 5.79 Å². The molecule has 27 heavy (non-hydrogen) atoms. The number of halogens is 3. The van der Waals surface area contributed by atoms with Gasteiger partial charge < -0.3 is 36.6 Å². The number of guanidine groups is 2. The first-order valence-corrected chi connectivity index (χ1v) is 8.37. The van der Waals surface area contributed by atoms with Gasteiger partial charge in [0.05, 0.1) is 13.1 Å². The molecule has 4 aliphatic rings. The molecule has 150 valence electrons. The van der Waals surface area contributed by atoms with Gasteiger partial charge in [-0.3, -0.25) is 9.79 Å². The van der Waals surface area contributed by atoms with Crippen molar-refractivity contribution in [3.8, 4) is 0 Å². The third kappa shape index (κ3) is 2.06. The lowest BCUT2D eigenvalue weighted by Crippen LogP contribution is -2.76. The molecule has 3 atom stereocenters. The van der Waals surface area contributed by atoms with Crippen molar-refractivity contribution in [3.05, 3.63) is 0 Å². The zero-order valence-electron chi connectivity index (χ0n) is 14.0. The van der Waals surface area contributed by atoms with E-state index in [-0.39, 0.29) is 31.4 Å². The molecule has 0 aromatic heterocycles. The van der Waals surface area contributed by atoms with E-state index in [0.29, 0.717) is 0 Å². The number of hydrogen-bond donors (Lipinski definition) is 5. The van der Waals surface area contributed by atoms with Gasteiger partial charge in [0.25, 0.3) is 0 Å². The number of nitrogens with two attached hydrogens (primary N) is 2. The van der Waals surface area contributed by atoms with E-state index in [4.69, 9.17) is 16.2 Å². The van der Waals surface area contributed by atoms with Crippen LogP contribution in [0.5, 0.6) is 0 Å².